The van der Waals surface area contributed by atoms with Crippen molar-refractivity contribution in [3.63, 3.8) is 0 Å². The van der Waals surface area contributed by atoms with Gasteiger partial charge in [-0.1, -0.05) is 79.9 Å². The van der Waals surface area contributed by atoms with Crippen LogP contribution in [0.15, 0.2) is 60.7 Å². The Balaban J connectivity index is 1.63. The third-order valence-corrected chi connectivity index (χ3v) is 4.92. The molecule has 2 amide bonds. The fourth-order valence-corrected chi connectivity index (χ4v) is 3.58. The second kappa shape index (κ2) is 9.18. The summed E-state index contributed by atoms with van der Waals surface area (Å²) in [5, 5.41) is 5.86. The molecule has 4 heteroatoms. The van der Waals surface area contributed by atoms with Crippen LogP contribution in [0.4, 0.5) is 0 Å². The highest BCUT2D eigenvalue weighted by molar-refractivity contribution is 5.90. The van der Waals surface area contributed by atoms with Crippen LogP contribution in [0.3, 0.4) is 0 Å². The van der Waals surface area contributed by atoms with Crippen LogP contribution in [0.5, 0.6) is 0 Å². The van der Waals surface area contributed by atoms with Crippen LogP contribution in [0.1, 0.15) is 49.1 Å². The summed E-state index contributed by atoms with van der Waals surface area (Å²) >= 11 is 0. The number of carbonyl (C=O) groups is 2. The second-order valence-electron chi connectivity index (χ2n) is 6.87. The molecule has 26 heavy (non-hydrogen) atoms. The van der Waals surface area contributed by atoms with E-state index in [1.54, 1.807) is 0 Å². The van der Waals surface area contributed by atoms with E-state index in [1.807, 2.05) is 60.7 Å². The second-order valence-corrected chi connectivity index (χ2v) is 6.87. The number of rotatable bonds is 6. The lowest BCUT2D eigenvalue weighted by Crippen LogP contribution is -2.43. The third-order valence-electron chi connectivity index (χ3n) is 4.92. The number of amides is 2. The smallest absolute Gasteiger partial charge is 0.239 e. The van der Waals surface area contributed by atoms with Gasteiger partial charge in [-0.2, -0.15) is 0 Å². The standard InChI is InChI=1S/C22H26N2O2/c25-20(24-19-14-8-3-9-15-19)16-23-22(26)21(17-10-4-1-5-11-17)18-12-6-2-7-13-18/h1-2,4-7,10-13,19,21H,3,8-9,14-16H2,(H,23,26)(H,24,25). The normalized spacial score (nSPS) is 14.8. The van der Waals surface area contributed by atoms with Crippen LogP contribution in [0, 0.1) is 0 Å². The van der Waals surface area contributed by atoms with Crippen LogP contribution in [0.2, 0.25) is 0 Å². The summed E-state index contributed by atoms with van der Waals surface area (Å²) in [6.07, 6.45) is 5.66. The van der Waals surface area contributed by atoms with E-state index in [-0.39, 0.29) is 24.4 Å². The van der Waals surface area contributed by atoms with Gasteiger partial charge in [0, 0.05) is 6.04 Å². The first-order valence-electron chi connectivity index (χ1n) is 9.41. The maximum Gasteiger partial charge on any atom is 0.239 e. The Hall–Kier alpha value is -2.62. The molecule has 2 N–H and O–H groups in total. The average molecular weight is 350 g/mol. The molecule has 2 aromatic carbocycles. The Kier molecular flexibility index (Phi) is 6.42. The van der Waals surface area contributed by atoms with Crippen LogP contribution in [-0.2, 0) is 9.59 Å². The Morgan fingerprint density at radius 1 is 0.846 bits per heavy atom. The topological polar surface area (TPSA) is 58.2 Å². The van der Waals surface area contributed by atoms with E-state index in [0.29, 0.717) is 0 Å². The molecule has 0 unspecified atom stereocenters. The summed E-state index contributed by atoms with van der Waals surface area (Å²) < 4.78 is 0. The Morgan fingerprint density at radius 3 is 1.92 bits per heavy atom. The molecule has 2 aromatic rings. The molecule has 0 saturated heterocycles. The van der Waals surface area contributed by atoms with Gasteiger partial charge in [-0.3, -0.25) is 9.59 Å². The van der Waals surface area contributed by atoms with Crippen molar-refractivity contribution >= 4 is 11.8 Å². The number of benzene rings is 2. The van der Waals surface area contributed by atoms with E-state index in [9.17, 15) is 9.59 Å². The quantitative estimate of drug-likeness (QED) is 0.839. The van der Waals surface area contributed by atoms with Gasteiger partial charge in [0.15, 0.2) is 0 Å². The fraction of sp³-hybridized carbons (Fsp3) is 0.364. The van der Waals surface area contributed by atoms with Gasteiger partial charge in [-0.15, -0.1) is 0 Å². The SMILES string of the molecule is O=C(CNC(=O)C(c1ccccc1)c1ccccc1)NC1CCCCC1. The highest BCUT2D eigenvalue weighted by atomic mass is 16.2. The van der Waals surface area contributed by atoms with Gasteiger partial charge in [-0.05, 0) is 24.0 Å². The fourth-order valence-electron chi connectivity index (χ4n) is 3.58. The molecule has 0 aliphatic heterocycles. The molecule has 0 heterocycles. The van der Waals surface area contributed by atoms with Crippen molar-refractivity contribution < 1.29 is 9.59 Å². The Morgan fingerprint density at radius 2 is 1.38 bits per heavy atom. The van der Waals surface area contributed by atoms with Crippen LogP contribution >= 0.6 is 0 Å². The van der Waals surface area contributed by atoms with E-state index < -0.39 is 5.92 Å². The Labute approximate surface area is 155 Å². The first-order chi connectivity index (χ1) is 12.7. The van der Waals surface area contributed by atoms with Gasteiger partial charge >= 0.3 is 0 Å². The lowest BCUT2D eigenvalue weighted by Gasteiger charge is -2.23. The predicted octanol–water partition coefficient (Wildman–Crippen LogP) is 3.38. The molecule has 1 aliphatic rings. The number of nitrogens with one attached hydrogen (secondary N) is 2. The summed E-state index contributed by atoms with van der Waals surface area (Å²) in [4.78, 5) is 25.0. The number of hydrogen-bond acceptors (Lipinski definition) is 2. The van der Waals surface area contributed by atoms with Crippen molar-refractivity contribution in [3.05, 3.63) is 71.8 Å². The minimum Gasteiger partial charge on any atom is -0.352 e. The molecule has 0 atom stereocenters. The van der Waals surface area contributed by atoms with Crippen LogP contribution in [0.25, 0.3) is 0 Å². The first kappa shape index (κ1) is 18.2. The zero-order valence-corrected chi connectivity index (χ0v) is 15.0. The van der Waals surface area contributed by atoms with Crippen LogP contribution in [-0.4, -0.2) is 24.4 Å². The maximum atomic E-state index is 12.8. The van der Waals surface area contributed by atoms with Crippen molar-refractivity contribution in [1.29, 1.82) is 0 Å². The van der Waals surface area contributed by atoms with E-state index in [1.165, 1.54) is 19.3 Å². The number of hydrogen-bond donors (Lipinski definition) is 2. The van der Waals surface area contributed by atoms with Crippen molar-refractivity contribution in [2.45, 2.75) is 44.1 Å². The van der Waals surface area contributed by atoms with Crippen molar-refractivity contribution in [2.24, 2.45) is 0 Å². The molecule has 4 nitrogen and oxygen atoms in total. The zero-order valence-electron chi connectivity index (χ0n) is 15.0. The summed E-state index contributed by atoms with van der Waals surface area (Å²) in [6.45, 7) is 0.0193. The van der Waals surface area contributed by atoms with Crippen LogP contribution < -0.4 is 10.6 Å². The summed E-state index contributed by atoms with van der Waals surface area (Å²) in [6, 6.07) is 19.6. The van der Waals surface area contributed by atoms with Gasteiger partial charge in [0.2, 0.25) is 11.8 Å². The maximum absolute atomic E-state index is 12.8. The predicted molar refractivity (Wildman–Crippen MR) is 103 cm³/mol. The molecule has 1 saturated carbocycles. The van der Waals surface area contributed by atoms with E-state index in [2.05, 4.69) is 10.6 Å². The van der Waals surface area contributed by atoms with E-state index >= 15 is 0 Å². The molecular weight excluding hydrogens is 324 g/mol. The number of carbonyl (C=O) groups excluding carboxylic acids is 2. The molecular formula is C22H26N2O2. The van der Waals surface area contributed by atoms with Crippen molar-refractivity contribution in [3.8, 4) is 0 Å². The summed E-state index contributed by atoms with van der Waals surface area (Å²) in [7, 11) is 0. The van der Waals surface area contributed by atoms with Crippen molar-refractivity contribution in [2.75, 3.05) is 6.54 Å². The van der Waals surface area contributed by atoms with E-state index in [4.69, 9.17) is 0 Å². The van der Waals surface area contributed by atoms with Gasteiger partial charge in [-0.25, -0.2) is 0 Å². The minimum absolute atomic E-state index is 0.0193. The molecule has 136 valence electrons. The molecule has 0 spiro atoms. The Bertz CT molecular complexity index is 670. The molecule has 1 fully saturated rings. The lowest BCUT2D eigenvalue weighted by molar-refractivity contribution is -0.126. The molecule has 0 aromatic heterocycles. The van der Waals surface area contributed by atoms with Gasteiger partial charge in [0.05, 0.1) is 12.5 Å². The van der Waals surface area contributed by atoms with Gasteiger partial charge < -0.3 is 10.6 Å². The highest BCUT2D eigenvalue weighted by Gasteiger charge is 2.23. The zero-order chi connectivity index (χ0) is 18.2. The molecule has 3 rings (SSSR count). The van der Waals surface area contributed by atoms with E-state index in [0.717, 1.165) is 24.0 Å². The molecule has 1 aliphatic carbocycles. The lowest BCUT2D eigenvalue weighted by atomic mass is 9.90. The third kappa shape index (κ3) is 4.94. The van der Waals surface area contributed by atoms with Gasteiger partial charge in [0.1, 0.15) is 0 Å². The summed E-state index contributed by atoms with van der Waals surface area (Å²) in [5.41, 5.74) is 1.84. The average Bonchev–Trinajstić information content (AvgIpc) is 2.69. The van der Waals surface area contributed by atoms with Crippen molar-refractivity contribution in [1.82, 2.24) is 10.6 Å². The first-order valence-corrected chi connectivity index (χ1v) is 9.41. The largest absolute Gasteiger partial charge is 0.352 e. The summed E-state index contributed by atoms with van der Waals surface area (Å²) in [5.74, 6) is -0.675. The monoisotopic (exact) mass is 350 g/mol. The molecule has 0 radical (unpaired) electrons. The van der Waals surface area contributed by atoms with Gasteiger partial charge in [0.25, 0.3) is 0 Å². The molecule has 0 bridgehead atoms. The highest BCUT2D eigenvalue weighted by Crippen LogP contribution is 2.24. The minimum atomic E-state index is -0.417.